The molecule has 1 aliphatic carbocycles. The van der Waals surface area contributed by atoms with Crippen molar-refractivity contribution in [1.29, 1.82) is 0 Å². The van der Waals surface area contributed by atoms with Gasteiger partial charge in [-0.25, -0.2) is 0 Å². The summed E-state index contributed by atoms with van der Waals surface area (Å²) in [6, 6.07) is 7.79. The van der Waals surface area contributed by atoms with Crippen LogP contribution in [-0.2, 0) is 0 Å². The van der Waals surface area contributed by atoms with Gasteiger partial charge in [-0.2, -0.15) is 0 Å². The molecule has 116 valence electrons. The highest BCUT2D eigenvalue weighted by molar-refractivity contribution is 6.63. The van der Waals surface area contributed by atoms with E-state index in [-0.39, 0.29) is 0 Å². The Morgan fingerprint density at radius 2 is 2.00 bits per heavy atom. The molecule has 4 heteroatoms. The van der Waals surface area contributed by atoms with Crippen molar-refractivity contribution in [3.8, 4) is 5.75 Å². The van der Waals surface area contributed by atoms with Gasteiger partial charge in [0.2, 0.25) is 0 Å². The van der Waals surface area contributed by atoms with Crippen molar-refractivity contribution in [3.63, 3.8) is 0 Å². The topological polar surface area (TPSA) is 49.7 Å². The first kappa shape index (κ1) is 15.6. The highest BCUT2D eigenvalue weighted by Crippen LogP contribution is 2.46. The van der Waals surface area contributed by atoms with Crippen LogP contribution in [0.15, 0.2) is 49.1 Å². The molecule has 0 radical (unpaired) electrons. The zero-order chi connectivity index (χ0) is 16.6. The van der Waals surface area contributed by atoms with E-state index < -0.39 is 7.12 Å². The molecule has 2 aromatic rings. The van der Waals surface area contributed by atoms with Crippen LogP contribution in [0.25, 0.3) is 21.9 Å². The van der Waals surface area contributed by atoms with Gasteiger partial charge >= 0.3 is 7.12 Å². The third-order valence-corrected chi connectivity index (χ3v) is 4.17. The van der Waals surface area contributed by atoms with E-state index >= 15 is 0 Å². The van der Waals surface area contributed by atoms with Crippen LogP contribution in [0.4, 0.5) is 0 Å². The maximum absolute atomic E-state index is 9.85. The minimum Gasteiger partial charge on any atom is -0.494 e. The lowest BCUT2D eigenvalue weighted by Gasteiger charge is -2.14. The van der Waals surface area contributed by atoms with Crippen LogP contribution in [0.1, 0.15) is 25.0 Å². The van der Waals surface area contributed by atoms with Crippen molar-refractivity contribution in [2.45, 2.75) is 13.8 Å². The van der Waals surface area contributed by atoms with Gasteiger partial charge in [-0.3, -0.25) is 0 Å². The summed E-state index contributed by atoms with van der Waals surface area (Å²) in [6.45, 7) is 8.15. The molecule has 0 spiro atoms. The first-order valence-electron chi connectivity index (χ1n) is 7.72. The normalized spacial score (nSPS) is 16.3. The number of allylic oxidation sites excluding steroid dienone is 5. The molecule has 0 heterocycles. The summed E-state index contributed by atoms with van der Waals surface area (Å²) < 4.78 is 5.67. The Labute approximate surface area is 136 Å². The molecule has 0 amide bonds. The average molecular weight is 306 g/mol. The predicted octanol–water partition coefficient (Wildman–Crippen LogP) is 2.90. The van der Waals surface area contributed by atoms with Crippen LogP contribution in [0.3, 0.4) is 0 Å². The zero-order valence-corrected chi connectivity index (χ0v) is 13.3. The van der Waals surface area contributed by atoms with E-state index in [0.717, 1.165) is 33.0 Å². The average Bonchev–Trinajstić information content (AvgIpc) is 2.82. The lowest BCUT2D eigenvalue weighted by Crippen LogP contribution is -2.32. The molecule has 0 fully saturated rings. The first-order chi connectivity index (χ1) is 11.1. The van der Waals surface area contributed by atoms with Crippen molar-refractivity contribution >= 4 is 34.5 Å². The highest BCUT2D eigenvalue weighted by Gasteiger charge is 2.29. The maximum Gasteiger partial charge on any atom is 0.492 e. The van der Waals surface area contributed by atoms with Gasteiger partial charge in [0, 0.05) is 5.46 Å². The highest BCUT2D eigenvalue weighted by atomic mass is 16.5. The molecular weight excluding hydrogens is 287 g/mol. The van der Waals surface area contributed by atoms with Crippen molar-refractivity contribution < 1.29 is 14.8 Å². The monoisotopic (exact) mass is 306 g/mol. The molecule has 0 saturated heterocycles. The van der Waals surface area contributed by atoms with Gasteiger partial charge in [0.25, 0.3) is 0 Å². The van der Waals surface area contributed by atoms with Gasteiger partial charge in [0.05, 0.1) is 6.61 Å². The quantitative estimate of drug-likeness (QED) is 0.854. The molecule has 0 bridgehead atoms. The van der Waals surface area contributed by atoms with Crippen LogP contribution < -0.4 is 10.2 Å². The van der Waals surface area contributed by atoms with Crippen molar-refractivity contribution in [2.24, 2.45) is 0 Å². The number of hydrogen-bond acceptors (Lipinski definition) is 3. The summed E-state index contributed by atoms with van der Waals surface area (Å²) in [6.07, 6.45) is 5.82. The Kier molecular flexibility index (Phi) is 4.11. The Hall–Kier alpha value is -2.30. The van der Waals surface area contributed by atoms with Crippen molar-refractivity contribution in [2.75, 3.05) is 6.61 Å². The van der Waals surface area contributed by atoms with Gasteiger partial charge in [-0.15, -0.1) is 0 Å². The van der Waals surface area contributed by atoms with E-state index in [1.54, 1.807) is 6.08 Å². The van der Waals surface area contributed by atoms with Crippen LogP contribution >= 0.6 is 0 Å². The molecule has 0 atom stereocenters. The molecule has 0 aliphatic heterocycles. The third kappa shape index (κ3) is 2.31. The Balaban J connectivity index is 2.46. The van der Waals surface area contributed by atoms with Crippen molar-refractivity contribution in [1.82, 2.24) is 0 Å². The summed E-state index contributed by atoms with van der Waals surface area (Å²) in [7, 11) is -1.58. The van der Waals surface area contributed by atoms with E-state index in [2.05, 4.69) is 12.7 Å². The first-order valence-corrected chi connectivity index (χ1v) is 7.72. The van der Waals surface area contributed by atoms with Gasteiger partial charge in [-0.1, -0.05) is 43.0 Å². The summed E-state index contributed by atoms with van der Waals surface area (Å²) in [5.74, 6) is 0.515. The predicted molar refractivity (Wildman–Crippen MR) is 96.8 cm³/mol. The summed E-state index contributed by atoms with van der Waals surface area (Å²) in [5, 5.41) is 21.5. The molecule has 0 saturated carbocycles. The van der Waals surface area contributed by atoms with Gasteiger partial charge in [0.15, 0.2) is 0 Å². The fourth-order valence-electron chi connectivity index (χ4n) is 3.36. The third-order valence-electron chi connectivity index (χ3n) is 4.17. The summed E-state index contributed by atoms with van der Waals surface area (Å²) in [4.78, 5) is 0. The fraction of sp³-hybridized carbons (Fsp3) is 0.158. The molecule has 1 aliphatic rings. The molecule has 2 N–H and O–H groups in total. The van der Waals surface area contributed by atoms with E-state index in [0.29, 0.717) is 17.8 Å². The fourth-order valence-corrected chi connectivity index (χ4v) is 3.36. The zero-order valence-electron chi connectivity index (χ0n) is 13.3. The minimum atomic E-state index is -1.58. The number of ether oxygens (including phenoxy) is 1. The Morgan fingerprint density at radius 3 is 2.61 bits per heavy atom. The summed E-state index contributed by atoms with van der Waals surface area (Å²) in [5.41, 5.74) is 4.75. The number of rotatable bonds is 4. The number of hydrogen-bond donors (Lipinski definition) is 2. The van der Waals surface area contributed by atoms with Crippen LogP contribution in [0, 0.1) is 0 Å². The SMILES string of the molecule is C=C/C=C1\C(=C/C)c2cc(OCC)c(B(O)O)c3cccc1c23. The molecule has 3 rings (SSSR count). The van der Waals surface area contributed by atoms with Crippen LogP contribution in [0.2, 0.25) is 0 Å². The molecule has 0 aromatic heterocycles. The van der Waals surface area contributed by atoms with Crippen LogP contribution in [0.5, 0.6) is 5.75 Å². The molecule has 0 unspecified atom stereocenters. The van der Waals surface area contributed by atoms with Gasteiger partial charge in [0.1, 0.15) is 5.75 Å². The van der Waals surface area contributed by atoms with Gasteiger partial charge in [-0.05, 0) is 53.0 Å². The minimum absolute atomic E-state index is 0.419. The molecule has 2 aromatic carbocycles. The summed E-state index contributed by atoms with van der Waals surface area (Å²) >= 11 is 0. The largest absolute Gasteiger partial charge is 0.494 e. The van der Waals surface area contributed by atoms with Crippen molar-refractivity contribution in [3.05, 3.63) is 60.2 Å². The van der Waals surface area contributed by atoms with E-state index in [1.807, 2.05) is 44.2 Å². The maximum atomic E-state index is 9.85. The second kappa shape index (κ2) is 6.07. The standard InChI is InChI=1S/C19H19BO3/c1-4-8-13-12(5-2)16-11-17(23-6-3)19(20(21)22)15-10-7-9-14(13)18(15)16/h4-5,7-11,21-22H,1,6H2,2-3H3/b12-5+,13-8+. The molecule has 3 nitrogen and oxygen atoms in total. The van der Waals surface area contributed by atoms with E-state index in [4.69, 9.17) is 4.74 Å². The molecular formula is C19H19BO3. The van der Waals surface area contributed by atoms with E-state index in [1.165, 1.54) is 0 Å². The Bertz CT molecular complexity index is 847. The lowest BCUT2D eigenvalue weighted by atomic mass is 9.75. The smallest absolute Gasteiger partial charge is 0.492 e. The second-order valence-corrected chi connectivity index (χ2v) is 5.39. The van der Waals surface area contributed by atoms with Gasteiger partial charge < -0.3 is 14.8 Å². The molecule has 23 heavy (non-hydrogen) atoms. The second-order valence-electron chi connectivity index (χ2n) is 5.39. The van der Waals surface area contributed by atoms with E-state index in [9.17, 15) is 10.0 Å². The van der Waals surface area contributed by atoms with Crippen LogP contribution in [-0.4, -0.2) is 23.8 Å². The Morgan fingerprint density at radius 1 is 1.22 bits per heavy atom. The number of benzene rings is 2. The lowest BCUT2D eigenvalue weighted by molar-refractivity contribution is 0.340.